The van der Waals surface area contributed by atoms with Crippen LogP contribution in [0, 0.1) is 0 Å². The lowest BCUT2D eigenvalue weighted by atomic mass is 10.2. The van der Waals surface area contributed by atoms with Gasteiger partial charge in [0.25, 0.3) is 17.9 Å². The molecule has 0 fully saturated rings. The highest BCUT2D eigenvalue weighted by Gasteiger charge is 2.38. The maximum atomic E-state index is 12.1. The Morgan fingerprint density at radius 1 is 1.21 bits per heavy atom. The molecule has 0 saturated carbocycles. The van der Waals surface area contributed by atoms with E-state index in [1.54, 1.807) is 50.3 Å². The number of para-hydroxylation sites is 1. The van der Waals surface area contributed by atoms with Crippen molar-refractivity contribution in [1.82, 2.24) is 9.80 Å². The third kappa shape index (κ3) is 2.57. The van der Waals surface area contributed by atoms with Crippen LogP contribution in [0.25, 0.3) is 0 Å². The molecule has 1 aromatic carbocycles. The smallest absolute Gasteiger partial charge is 0.299 e. The number of ether oxygens (including phenoxy) is 1. The van der Waals surface area contributed by atoms with E-state index in [9.17, 15) is 9.59 Å². The number of hydrogen-bond acceptors (Lipinski definition) is 4. The lowest BCUT2D eigenvalue weighted by molar-refractivity contribution is -0.143. The molecular weight excluding hydrogens is 246 g/mol. The number of rotatable bonds is 2. The average molecular weight is 261 g/mol. The molecule has 1 unspecified atom stereocenters. The molecule has 6 heteroatoms. The van der Waals surface area contributed by atoms with E-state index < -0.39 is 17.9 Å². The zero-order valence-corrected chi connectivity index (χ0v) is 11.0. The fraction of sp³-hybridized carbons (Fsp3) is 0.308. The van der Waals surface area contributed by atoms with Gasteiger partial charge in [-0.3, -0.25) is 14.5 Å². The third-order valence-corrected chi connectivity index (χ3v) is 2.69. The van der Waals surface area contributed by atoms with Gasteiger partial charge in [-0.15, -0.1) is 0 Å². The maximum absolute atomic E-state index is 12.1. The summed E-state index contributed by atoms with van der Waals surface area (Å²) in [6.45, 7) is 0. The van der Waals surface area contributed by atoms with Crippen molar-refractivity contribution in [2.45, 2.75) is 6.10 Å². The molecule has 0 aromatic heterocycles. The molecule has 0 aliphatic carbocycles. The van der Waals surface area contributed by atoms with Gasteiger partial charge in [0.05, 0.1) is 0 Å². The largest absolute Gasteiger partial charge is 0.470 e. The van der Waals surface area contributed by atoms with Crippen LogP contribution in [0.1, 0.15) is 0 Å². The minimum atomic E-state index is -1.21. The van der Waals surface area contributed by atoms with Gasteiger partial charge >= 0.3 is 0 Å². The second-order valence-corrected chi connectivity index (χ2v) is 4.35. The van der Waals surface area contributed by atoms with E-state index in [1.807, 2.05) is 6.07 Å². The molecule has 0 spiro atoms. The molecular formula is C13H15N3O3. The van der Waals surface area contributed by atoms with Gasteiger partial charge in [-0.2, -0.15) is 4.99 Å². The van der Waals surface area contributed by atoms with Crippen molar-refractivity contribution in [3.05, 3.63) is 30.3 Å². The standard InChI is InChI=1S/C13H15N3O3/c1-15(2)13-14-11(17)10(12(18)16(13)3)19-9-7-5-4-6-8-9/h4-8,10H,1-3H3. The Bertz CT molecular complexity index is 525. The van der Waals surface area contributed by atoms with Gasteiger partial charge in [0.15, 0.2) is 0 Å². The first-order chi connectivity index (χ1) is 9.00. The van der Waals surface area contributed by atoms with Crippen LogP contribution >= 0.6 is 0 Å². The lowest BCUT2D eigenvalue weighted by Crippen LogP contribution is -2.54. The van der Waals surface area contributed by atoms with Crippen LogP contribution in [0.4, 0.5) is 0 Å². The summed E-state index contributed by atoms with van der Waals surface area (Å²) in [5.41, 5.74) is 0. The van der Waals surface area contributed by atoms with E-state index in [1.165, 1.54) is 4.90 Å². The van der Waals surface area contributed by atoms with Gasteiger partial charge in [0, 0.05) is 21.1 Å². The molecule has 1 aliphatic heterocycles. The van der Waals surface area contributed by atoms with E-state index in [0.29, 0.717) is 11.7 Å². The number of guanidine groups is 1. The average Bonchev–Trinajstić information content (AvgIpc) is 2.40. The second-order valence-electron chi connectivity index (χ2n) is 4.35. The van der Waals surface area contributed by atoms with Crippen LogP contribution in [-0.4, -0.2) is 54.8 Å². The lowest BCUT2D eigenvalue weighted by Gasteiger charge is -2.30. The Labute approximate surface area is 111 Å². The molecule has 19 heavy (non-hydrogen) atoms. The number of nitrogens with zero attached hydrogens (tertiary/aromatic N) is 3. The summed E-state index contributed by atoms with van der Waals surface area (Å²) < 4.78 is 5.41. The van der Waals surface area contributed by atoms with Crippen molar-refractivity contribution in [2.75, 3.05) is 21.1 Å². The monoisotopic (exact) mass is 261 g/mol. The van der Waals surface area contributed by atoms with E-state index in [0.717, 1.165) is 0 Å². The van der Waals surface area contributed by atoms with Crippen LogP contribution in [0.3, 0.4) is 0 Å². The number of likely N-dealkylation sites (N-methyl/N-ethyl adjacent to an activating group) is 1. The Morgan fingerprint density at radius 3 is 2.42 bits per heavy atom. The van der Waals surface area contributed by atoms with Gasteiger partial charge in [-0.25, -0.2) is 0 Å². The topological polar surface area (TPSA) is 62.2 Å². The molecule has 0 saturated heterocycles. The summed E-state index contributed by atoms with van der Waals surface area (Å²) in [6, 6.07) is 8.74. The summed E-state index contributed by atoms with van der Waals surface area (Å²) in [5, 5.41) is 0. The highest BCUT2D eigenvalue weighted by molar-refractivity contribution is 6.17. The molecule has 100 valence electrons. The van der Waals surface area contributed by atoms with Crippen molar-refractivity contribution in [2.24, 2.45) is 4.99 Å². The minimum Gasteiger partial charge on any atom is -0.470 e. The van der Waals surface area contributed by atoms with Gasteiger partial charge < -0.3 is 9.64 Å². The molecule has 1 heterocycles. The fourth-order valence-corrected chi connectivity index (χ4v) is 1.75. The van der Waals surface area contributed by atoms with Crippen LogP contribution in [0.2, 0.25) is 0 Å². The van der Waals surface area contributed by atoms with Crippen molar-refractivity contribution in [1.29, 1.82) is 0 Å². The third-order valence-electron chi connectivity index (χ3n) is 2.69. The number of aliphatic imine (C=N–C) groups is 1. The highest BCUT2D eigenvalue weighted by Crippen LogP contribution is 2.16. The van der Waals surface area contributed by atoms with Crippen molar-refractivity contribution < 1.29 is 14.3 Å². The summed E-state index contributed by atoms with van der Waals surface area (Å²) in [6.07, 6.45) is -1.21. The molecule has 1 aliphatic rings. The highest BCUT2D eigenvalue weighted by atomic mass is 16.5. The van der Waals surface area contributed by atoms with E-state index in [-0.39, 0.29) is 0 Å². The SMILES string of the molecule is CN(C)C1=NC(=O)C(Oc2ccccc2)C(=O)N1C. The summed E-state index contributed by atoms with van der Waals surface area (Å²) in [7, 11) is 5.00. The van der Waals surface area contributed by atoms with Crippen molar-refractivity contribution in [3.63, 3.8) is 0 Å². The molecule has 0 radical (unpaired) electrons. The van der Waals surface area contributed by atoms with Crippen molar-refractivity contribution in [3.8, 4) is 5.75 Å². The minimum absolute atomic E-state index is 0.308. The fourth-order valence-electron chi connectivity index (χ4n) is 1.75. The number of hydrogen-bond donors (Lipinski definition) is 0. The predicted molar refractivity (Wildman–Crippen MR) is 69.8 cm³/mol. The van der Waals surface area contributed by atoms with E-state index in [2.05, 4.69) is 4.99 Å². The predicted octanol–water partition coefficient (Wildman–Crippen LogP) is 0.350. The maximum Gasteiger partial charge on any atom is 0.299 e. The first-order valence-corrected chi connectivity index (χ1v) is 5.80. The van der Waals surface area contributed by atoms with Gasteiger partial charge in [-0.05, 0) is 12.1 Å². The molecule has 6 nitrogen and oxygen atoms in total. The number of carbonyl (C=O) groups excluding carboxylic acids is 2. The second kappa shape index (κ2) is 5.09. The number of carbonyl (C=O) groups is 2. The Morgan fingerprint density at radius 2 is 1.84 bits per heavy atom. The summed E-state index contributed by atoms with van der Waals surface area (Å²) in [4.78, 5) is 30.8. The first-order valence-electron chi connectivity index (χ1n) is 5.80. The Balaban J connectivity index is 2.24. The van der Waals surface area contributed by atoms with Crippen LogP contribution in [0.5, 0.6) is 5.75 Å². The normalized spacial score (nSPS) is 19.2. The molecule has 0 bridgehead atoms. The van der Waals surface area contributed by atoms with Gasteiger partial charge in [0.1, 0.15) is 5.75 Å². The van der Waals surface area contributed by atoms with Crippen LogP contribution in [-0.2, 0) is 9.59 Å². The zero-order chi connectivity index (χ0) is 14.0. The molecule has 1 atom stereocenters. The Hall–Kier alpha value is -2.37. The van der Waals surface area contributed by atoms with Crippen LogP contribution < -0.4 is 4.74 Å². The summed E-state index contributed by atoms with van der Waals surface area (Å²) in [5.74, 6) is -0.239. The van der Waals surface area contributed by atoms with Gasteiger partial charge in [0.2, 0.25) is 5.96 Å². The molecule has 2 amide bonds. The van der Waals surface area contributed by atoms with E-state index >= 15 is 0 Å². The first kappa shape index (κ1) is 13.1. The summed E-state index contributed by atoms with van der Waals surface area (Å²) >= 11 is 0. The Kier molecular flexibility index (Phi) is 3.50. The van der Waals surface area contributed by atoms with Crippen molar-refractivity contribution >= 4 is 17.8 Å². The molecule has 0 N–H and O–H groups in total. The van der Waals surface area contributed by atoms with Crippen LogP contribution in [0.15, 0.2) is 35.3 Å². The number of benzene rings is 1. The van der Waals surface area contributed by atoms with Gasteiger partial charge in [-0.1, -0.05) is 18.2 Å². The molecule has 1 aromatic rings. The zero-order valence-electron chi connectivity index (χ0n) is 11.0. The quantitative estimate of drug-likeness (QED) is 0.721. The molecule has 2 rings (SSSR count). The number of amides is 2. The van der Waals surface area contributed by atoms with E-state index in [4.69, 9.17) is 4.74 Å².